The standard InChI is InChI=1S/C14H17F3N2O/c1-9(18-8-14(15,16)17)10-4-6-12(7-5-10)19-13(20)11-2-3-11/h4-7,9,11,18H,2-3,8H2,1H3,(H,19,20). The fourth-order valence-electron chi connectivity index (χ4n) is 1.83. The normalized spacial score (nSPS) is 16.8. The Balaban J connectivity index is 1.88. The van der Waals surface area contributed by atoms with Crippen molar-refractivity contribution in [1.29, 1.82) is 0 Å². The van der Waals surface area contributed by atoms with E-state index in [1.807, 2.05) is 0 Å². The Kier molecular flexibility index (Phi) is 4.32. The number of carbonyl (C=O) groups is 1. The minimum Gasteiger partial charge on any atom is -0.326 e. The van der Waals surface area contributed by atoms with Crippen LogP contribution in [0.25, 0.3) is 0 Å². The number of halogens is 3. The Morgan fingerprint density at radius 3 is 2.40 bits per heavy atom. The van der Waals surface area contributed by atoms with Gasteiger partial charge in [0.1, 0.15) is 0 Å². The Morgan fingerprint density at radius 1 is 1.30 bits per heavy atom. The number of amides is 1. The average Bonchev–Trinajstić information content (AvgIpc) is 3.20. The van der Waals surface area contributed by atoms with Gasteiger partial charge in [0.2, 0.25) is 5.91 Å². The van der Waals surface area contributed by atoms with Crippen LogP contribution in [0.5, 0.6) is 0 Å². The predicted molar refractivity (Wildman–Crippen MR) is 70.3 cm³/mol. The van der Waals surface area contributed by atoms with Crippen molar-refractivity contribution < 1.29 is 18.0 Å². The molecule has 0 bridgehead atoms. The second-order valence-electron chi connectivity index (χ2n) is 5.10. The van der Waals surface area contributed by atoms with Gasteiger partial charge in [-0.05, 0) is 37.5 Å². The lowest BCUT2D eigenvalue weighted by Crippen LogP contribution is -2.30. The summed E-state index contributed by atoms with van der Waals surface area (Å²) in [5, 5.41) is 5.20. The summed E-state index contributed by atoms with van der Waals surface area (Å²) in [4.78, 5) is 11.6. The third-order valence-electron chi connectivity index (χ3n) is 3.24. The molecule has 1 amide bonds. The lowest BCUT2D eigenvalue weighted by molar-refractivity contribution is -0.126. The number of hydrogen-bond donors (Lipinski definition) is 2. The van der Waals surface area contributed by atoms with Gasteiger partial charge in [0, 0.05) is 17.6 Å². The molecule has 1 aliphatic carbocycles. The van der Waals surface area contributed by atoms with Gasteiger partial charge in [-0.15, -0.1) is 0 Å². The van der Waals surface area contributed by atoms with Crippen molar-refractivity contribution in [3.8, 4) is 0 Å². The van der Waals surface area contributed by atoms with Crippen LogP contribution in [-0.4, -0.2) is 18.6 Å². The number of anilines is 1. The van der Waals surface area contributed by atoms with Crippen LogP contribution in [0, 0.1) is 5.92 Å². The third kappa shape index (κ3) is 4.52. The van der Waals surface area contributed by atoms with Crippen molar-refractivity contribution in [1.82, 2.24) is 5.32 Å². The summed E-state index contributed by atoms with van der Waals surface area (Å²) in [5.41, 5.74) is 1.42. The topological polar surface area (TPSA) is 41.1 Å². The van der Waals surface area contributed by atoms with Crippen LogP contribution in [0.4, 0.5) is 18.9 Å². The summed E-state index contributed by atoms with van der Waals surface area (Å²) in [6.07, 6.45) is -2.35. The minimum absolute atomic E-state index is 0.0148. The molecule has 0 heterocycles. The quantitative estimate of drug-likeness (QED) is 0.872. The Morgan fingerprint density at radius 2 is 1.90 bits per heavy atom. The molecule has 0 radical (unpaired) electrons. The van der Waals surface area contributed by atoms with Gasteiger partial charge in [-0.25, -0.2) is 0 Å². The number of carbonyl (C=O) groups excluding carboxylic acids is 1. The highest BCUT2D eigenvalue weighted by Crippen LogP contribution is 2.30. The molecule has 1 unspecified atom stereocenters. The predicted octanol–water partition coefficient (Wildman–Crippen LogP) is 3.25. The van der Waals surface area contributed by atoms with E-state index in [0.717, 1.165) is 18.4 Å². The Hall–Kier alpha value is -1.56. The number of rotatable bonds is 5. The molecular formula is C14H17F3N2O. The average molecular weight is 286 g/mol. The maximum atomic E-state index is 12.1. The maximum absolute atomic E-state index is 12.1. The van der Waals surface area contributed by atoms with Crippen LogP contribution in [0.1, 0.15) is 31.4 Å². The molecule has 1 fully saturated rings. The molecule has 0 aromatic heterocycles. The SMILES string of the molecule is CC(NCC(F)(F)F)c1ccc(NC(=O)C2CC2)cc1. The van der Waals surface area contributed by atoms with Gasteiger partial charge in [-0.1, -0.05) is 12.1 Å². The zero-order chi connectivity index (χ0) is 14.8. The van der Waals surface area contributed by atoms with E-state index in [9.17, 15) is 18.0 Å². The molecular weight excluding hydrogens is 269 g/mol. The Labute approximate surface area is 115 Å². The first-order valence-corrected chi connectivity index (χ1v) is 6.56. The van der Waals surface area contributed by atoms with E-state index in [1.54, 1.807) is 31.2 Å². The molecule has 1 aromatic rings. The maximum Gasteiger partial charge on any atom is 0.401 e. The Bertz CT molecular complexity index is 466. The molecule has 2 N–H and O–H groups in total. The first-order valence-electron chi connectivity index (χ1n) is 6.56. The van der Waals surface area contributed by atoms with Crippen LogP contribution in [0.2, 0.25) is 0 Å². The molecule has 1 saturated carbocycles. The summed E-state index contributed by atoms with van der Waals surface area (Å²) in [6.45, 7) is 0.651. The molecule has 3 nitrogen and oxygen atoms in total. The fraction of sp³-hybridized carbons (Fsp3) is 0.500. The molecule has 1 aromatic carbocycles. The van der Waals surface area contributed by atoms with Gasteiger partial charge >= 0.3 is 6.18 Å². The van der Waals surface area contributed by atoms with E-state index in [2.05, 4.69) is 10.6 Å². The van der Waals surface area contributed by atoms with Gasteiger partial charge in [-0.2, -0.15) is 13.2 Å². The van der Waals surface area contributed by atoms with Crippen molar-refractivity contribution in [3.63, 3.8) is 0 Å². The first-order chi connectivity index (χ1) is 9.35. The summed E-state index contributed by atoms with van der Waals surface area (Å²) < 4.78 is 36.3. The minimum atomic E-state index is -4.22. The van der Waals surface area contributed by atoms with Gasteiger partial charge < -0.3 is 10.6 Å². The molecule has 0 aliphatic heterocycles. The van der Waals surface area contributed by atoms with E-state index in [-0.39, 0.29) is 11.8 Å². The van der Waals surface area contributed by atoms with Crippen molar-refractivity contribution >= 4 is 11.6 Å². The van der Waals surface area contributed by atoms with Crippen molar-refractivity contribution in [2.24, 2.45) is 5.92 Å². The first kappa shape index (κ1) is 14.8. The van der Waals surface area contributed by atoms with Crippen molar-refractivity contribution in [3.05, 3.63) is 29.8 Å². The smallest absolute Gasteiger partial charge is 0.326 e. The number of hydrogen-bond acceptors (Lipinski definition) is 2. The second kappa shape index (κ2) is 5.83. The van der Waals surface area contributed by atoms with Crippen LogP contribution in [-0.2, 0) is 4.79 Å². The molecule has 1 aliphatic rings. The van der Waals surface area contributed by atoms with Gasteiger partial charge in [-0.3, -0.25) is 4.79 Å². The van der Waals surface area contributed by atoms with Crippen LogP contribution >= 0.6 is 0 Å². The molecule has 110 valence electrons. The van der Waals surface area contributed by atoms with Crippen molar-refractivity contribution in [2.75, 3.05) is 11.9 Å². The largest absolute Gasteiger partial charge is 0.401 e. The van der Waals surface area contributed by atoms with Gasteiger partial charge in [0.25, 0.3) is 0 Å². The zero-order valence-electron chi connectivity index (χ0n) is 11.1. The molecule has 20 heavy (non-hydrogen) atoms. The van der Waals surface area contributed by atoms with Crippen LogP contribution < -0.4 is 10.6 Å². The molecule has 0 spiro atoms. The van der Waals surface area contributed by atoms with E-state index in [0.29, 0.717) is 5.69 Å². The number of nitrogens with one attached hydrogen (secondary N) is 2. The molecule has 1 atom stereocenters. The highest BCUT2D eigenvalue weighted by atomic mass is 19.4. The fourth-order valence-corrected chi connectivity index (χ4v) is 1.83. The van der Waals surface area contributed by atoms with Crippen LogP contribution in [0.15, 0.2) is 24.3 Å². The summed E-state index contributed by atoms with van der Waals surface area (Å²) >= 11 is 0. The highest BCUT2D eigenvalue weighted by Gasteiger charge is 2.29. The summed E-state index contributed by atoms with van der Waals surface area (Å²) in [7, 11) is 0. The zero-order valence-corrected chi connectivity index (χ0v) is 11.1. The molecule has 6 heteroatoms. The third-order valence-corrected chi connectivity index (χ3v) is 3.24. The molecule has 0 saturated heterocycles. The van der Waals surface area contributed by atoms with Gasteiger partial charge in [0.05, 0.1) is 6.54 Å². The summed E-state index contributed by atoms with van der Waals surface area (Å²) in [5.74, 6) is 0.142. The van der Waals surface area contributed by atoms with E-state index >= 15 is 0 Å². The molecule has 2 rings (SSSR count). The van der Waals surface area contributed by atoms with Crippen molar-refractivity contribution in [2.45, 2.75) is 32.0 Å². The lowest BCUT2D eigenvalue weighted by atomic mass is 10.1. The van der Waals surface area contributed by atoms with E-state index in [1.165, 1.54) is 0 Å². The number of alkyl halides is 3. The lowest BCUT2D eigenvalue weighted by Gasteiger charge is -2.16. The highest BCUT2D eigenvalue weighted by molar-refractivity contribution is 5.93. The number of benzene rings is 1. The van der Waals surface area contributed by atoms with Crippen LogP contribution in [0.3, 0.4) is 0 Å². The monoisotopic (exact) mass is 286 g/mol. The van der Waals surface area contributed by atoms with E-state index in [4.69, 9.17) is 0 Å². The van der Waals surface area contributed by atoms with E-state index < -0.39 is 18.8 Å². The second-order valence-corrected chi connectivity index (χ2v) is 5.10. The summed E-state index contributed by atoms with van der Waals surface area (Å²) in [6, 6.07) is 6.46. The van der Waals surface area contributed by atoms with Gasteiger partial charge in [0.15, 0.2) is 0 Å².